The molecule has 0 amide bonds. The van der Waals surface area contributed by atoms with Crippen molar-refractivity contribution < 1.29 is 14.1 Å². The van der Waals surface area contributed by atoms with Gasteiger partial charge in [0.1, 0.15) is 11.4 Å². The van der Waals surface area contributed by atoms with E-state index in [-0.39, 0.29) is 5.69 Å². The highest BCUT2D eigenvalue weighted by Gasteiger charge is 2.18. The molecule has 7 nitrogen and oxygen atoms in total. The summed E-state index contributed by atoms with van der Waals surface area (Å²) in [6.45, 7) is 0. The fraction of sp³-hybridized carbons (Fsp3) is 0.222. The zero-order chi connectivity index (χ0) is 11.7. The normalized spacial score (nSPS) is 10.4. The van der Waals surface area contributed by atoms with Gasteiger partial charge in [0.2, 0.25) is 5.76 Å². The van der Waals surface area contributed by atoms with E-state index in [0.29, 0.717) is 17.1 Å². The second kappa shape index (κ2) is 3.69. The van der Waals surface area contributed by atoms with E-state index in [0.717, 1.165) is 0 Å². The number of aromatic nitrogens is 3. The SMILES string of the molecule is COC(=O)c1cc(-c2oncc2N)n(C)n1. The average Bonchev–Trinajstić information content (AvgIpc) is 2.83. The number of aryl methyl sites for hydroxylation is 1. The molecule has 2 aromatic heterocycles. The molecule has 2 N–H and O–H groups in total. The van der Waals surface area contributed by atoms with Crippen LogP contribution in [0.2, 0.25) is 0 Å². The van der Waals surface area contributed by atoms with E-state index < -0.39 is 5.97 Å². The molecular weight excluding hydrogens is 212 g/mol. The van der Waals surface area contributed by atoms with Crippen LogP contribution in [0.25, 0.3) is 11.5 Å². The lowest BCUT2D eigenvalue weighted by Gasteiger charge is -1.95. The van der Waals surface area contributed by atoms with Crippen molar-refractivity contribution in [1.29, 1.82) is 0 Å². The quantitative estimate of drug-likeness (QED) is 0.741. The van der Waals surface area contributed by atoms with Gasteiger partial charge in [0, 0.05) is 13.1 Å². The fourth-order valence-corrected chi connectivity index (χ4v) is 1.33. The molecule has 0 spiro atoms. The molecule has 7 heteroatoms. The van der Waals surface area contributed by atoms with Crippen LogP contribution in [0.15, 0.2) is 16.8 Å². The van der Waals surface area contributed by atoms with Crippen LogP contribution in [0.3, 0.4) is 0 Å². The first kappa shape index (κ1) is 10.2. The Labute approximate surface area is 90.8 Å². The van der Waals surface area contributed by atoms with Crippen molar-refractivity contribution in [2.45, 2.75) is 0 Å². The van der Waals surface area contributed by atoms with Gasteiger partial charge in [0.15, 0.2) is 5.69 Å². The molecule has 0 bridgehead atoms. The van der Waals surface area contributed by atoms with Crippen molar-refractivity contribution in [3.8, 4) is 11.5 Å². The van der Waals surface area contributed by atoms with E-state index in [9.17, 15) is 4.79 Å². The molecule has 16 heavy (non-hydrogen) atoms. The maximum absolute atomic E-state index is 11.3. The van der Waals surface area contributed by atoms with E-state index in [2.05, 4.69) is 15.0 Å². The third-order valence-corrected chi connectivity index (χ3v) is 2.10. The molecule has 2 aromatic rings. The lowest BCUT2D eigenvalue weighted by atomic mass is 10.2. The third-order valence-electron chi connectivity index (χ3n) is 2.10. The first-order chi connectivity index (χ1) is 7.63. The zero-order valence-corrected chi connectivity index (χ0v) is 8.80. The largest absolute Gasteiger partial charge is 0.464 e. The van der Waals surface area contributed by atoms with Gasteiger partial charge < -0.3 is 15.0 Å². The lowest BCUT2D eigenvalue weighted by molar-refractivity contribution is 0.0593. The van der Waals surface area contributed by atoms with Gasteiger partial charge in [-0.1, -0.05) is 5.16 Å². The highest BCUT2D eigenvalue weighted by molar-refractivity contribution is 5.88. The number of carbonyl (C=O) groups excluding carboxylic acids is 1. The molecule has 0 saturated heterocycles. The molecule has 0 radical (unpaired) electrons. The predicted octanol–water partition coefficient (Wildman–Crippen LogP) is 0.444. The number of nitrogens with two attached hydrogens (primary N) is 1. The number of carbonyl (C=O) groups is 1. The van der Waals surface area contributed by atoms with Crippen molar-refractivity contribution in [3.05, 3.63) is 18.0 Å². The number of hydrogen-bond donors (Lipinski definition) is 1. The molecule has 0 unspecified atom stereocenters. The Hall–Kier alpha value is -2.31. The molecule has 0 saturated carbocycles. The van der Waals surface area contributed by atoms with Gasteiger partial charge in [0.05, 0.1) is 13.3 Å². The maximum Gasteiger partial charge on any atom is 0.358 e. The monoisotopic (exact) mass is 222 g/mol. The Bertz CT molecular complexity index is 529. The number of nitrogen functional groups attached to an aromatic ring is 1. The molecule has 0 aliphatic heterocycles. The number of esters is 1. The average molecular weight is 222 g/mol. The Morgan fingerprint density at radius 2 is 2.38 bits per heavy atom. The van der Waals surface area contributed by atoms with E-state index in [1.54, 1.807) is 7.05 Å². The third kappa shape index (κ3) is 1.52. The summed E-state index contributed by atoms with van der Waals surface area (Å²) in [5, 5.41) is 7.53. The number of rotatable bonds is 2. The van der Waals surface area contributed by atoms with Crippen molar-refractivity contribution in [1.82, 2.24) is 14.9 Å². The number of hydrogen-bond acceptors (Lipinski definition) is 6. The van der Waals surface area contributed by atoms with Gasteiger partial charge in [-0.25, -0.2) is 4.79 Å². The Morgan fingerprint density at radius 1 is 1.62 bits per heavy atom. The van der Waals surface area contributed by atoms with Gasteiger partial charge in [-0.15, -0.1) is 0 Å². The van der Waals surface area contributed by atoms with Gasteiger partial charge >= 0.3 is 5.97 Å². The minimum atomic E-state index is -0.514. The summed E-state index contributed by atoms with van der Waals surface area (Å²) < 4.78 is 11.0. The second-order valence-electron chi connectivity index (χ2n) is 3.14. The molecule has 0 aromatic carbocycles. The van der Waals surface area contributed by atoms with Crippen LogP contribution < -0.4 is 5.73 Å². The molecule has 0 fully saturated rings. The van der Waals surface area contributed by atoms with E-state index in [1.165, 1.54) is 24.1 Å². The predicted molar refractivity (Wildman–Crippen MR) is 54.5 cm³/mol. The number of ether oxygens (including phenoxy) is 1. The number of nitrogens with zero attached hydrogens (tertiary/aromatic N) is 3. The van der Waals surface area contributed by atoms with Gasteiger partial charge in [-0.05, 0) is 0 Å². The maximum atomic E-state index is 11.3. The van der Waals surface area contributed by atoms with Gasteiger partial charge in [0.25, 0.3) is 0 Å². The van der Waals surface area contributed by atoms with Crippen LogP contribution in [-0.4, -0.2) is 28.0 Å². The number of anilines is 1. The zero-order valence-electron chi connectivity index (χ0n) is 8.80. The van der Waals surface area contributed by atoms with Crippen molar-refractivity contribution in [3.63, 3.8) is 0 Å². The van der Waals surface area contributed by atoms with Crippen LogP contribution in [0, 0.1) is 0 Å². The van der Waals surface area contributed by atoms with Crippen molar-refractivity contribution in [2.24, 2.45) is 7.05 Å². The second-order valence-corrected chi connectivity index (χ2v) is 3.14. The minimum Gasteiger partial charge on any atom is -0.464 e. The van der Waals surface area contributed by atoms with Crippen molar-refractivity contribution >= 4 is 11.7 Å². The van der Waals surface area contributed by atoms with E-state index in [4.69, 9.17) is 10.3 Å². The number of methoxy groups -OCH3 is 1. The summed E-state index contributed by atoms with van der Waals surface area (Å²) in [4.78, 5) is 11.3. The summed E-state index contributed by atoms with van der Waals surface area (Å²) >= 11 is 0. The highest BCUT2D eigenvalue weighted by Crippen LogP contribution is 2.25. The van der Waals surface area contributed by atoms with E-state index >= 15 is 0 Å². The standard InChI is InChI=1S/C9H10N4O3/c1-13-7(8-5(10)4-11-16-8)3-6(12-13)9(14)15-2/h3-4H,10H2,1-2H3. The lowest BCUT2D eigenvalue weighted by Crippen LogP contribution is -2.03. The van der Waals surface area contributed by atoms with Crippen LogP contribution >= 0.6 is 0 Å². The minimum absolute atomic E-state index is 0.191. The van der Waals surface area contributed by atoms with Gasteiger partial charge in [-0.3, -0.25) is 4.68 Å². The smallest absolute Gasteiger partial charge is 0.358 e. The first-order valence-electron chi connectivity index (χ1n) is 4.46. The van der Waals surface area contributed by atoms with Gasteiger partial charge in [-0.2, -0.15) is 5.10 Å². The molecule has 2 rings (SSSR count). The Balaban J connectivity index is 2.47. The van der Waals surface area contributed by atoms with Crippen LogP contribution in [-0.2, 0) is 11.8 Å². The first-order valence-corrected chi connectivity index (χ1v) is 4.46. The molecule has 0 atom stereocenters. The fourth-order valence-electron chi connectivity index (χ4n) is 1.33. The van der Waals surface area contributed by atoms with Crippen LogP contribution in [0.4, 0.5) is 5.69 Å². The Morgan fingerprint density at radius 3 is 2.94 bits per heavy atom. The molecule has 84 valence electrons. The molecule has 0 aliphatic carbocycles. The van der Waals surface area contributed by atoms with Crippen molar-refractivity contribution in [2.75, 3.05) is 12.8 Å². The molecule has 2 heterocycles. The highest BCUT2D eigenvalue weighted by atomic mass is 16.5. The molecular formula is C9H10N4O3. The Kier molecular flexibility index (Phi) is 2.35. The van der Waals surface area contributed by atoms with E-state index in [1.807, 2.05) is 0 Å². The van der Waals surface area contributed by atoms with Crippen LogP contribution in [0.5, 0.6) is 0 Å². The topological polar surface area (TPSA) is 96.2 Å². The summed E-state index contributed by atoms with van der Waals surface area (Å²) in [5.74, 6) is -0.134. The van der Waals surface area contributed by atoms with Crippen LogP contribution in [0.1, 0.15) is 10.5 Å². The molecule has 0 aliphatic rings. The summed E-state index contributed by atoms with van der Waals surface area (Å²) in [5.41, 5.74) is 6.79. The summed E-state index contributed by atoms with van der Waals surface area (Å²) in [6.07, 6.45) is 1.39. The summed E-state index contributed by atoms with van der Waals surface area (Å²) in [6, 6.07) is 1.53. The summed E-state index contributed by atoms with van der Waals surface area (Å²) in [7, 11) is 2.96.